The van der Waals surface area contributed by atoms with Crippen LogP contribution >= 0.6 is 0 Å². The normalized spacial score (nSPS) is 10.5. The zero-order valence-corrected chi connectivity index (χ0v) is 15.9. The van der Waals surface area contributed by atoms with Crippen molar-refractivity contribution in [3.63, 3.8) is 0 Å². The molecule has 4 aromatic carbocycles. The smallest absolute Gasteiger partial charge is 0.337 e. The SMILES string of the molecule is O=C(O)c1cc(-c2ccccc2)c(-c2ccccc2)c(-c2ccccc2)c1C(=O)O. The summed E-state index contributed by atoms with van der Waals surface area (Å²) in [6.07, 6.45) is 0. The lowest BCUT2D eigenvalue weighted by Crippen LogP contribution is -2.12. The molecule has 4 nitrogen and oxygen atoms in total. The van der Waals surface area contributed by atoms with Crippen LogP contribution in [0.15, 0.2) is 97.1 Å². The molecule has 30 heavy (non-hydrogen) atoms. The molecule has 0 aliphatic carbocycles. The van der Waals surface area contributed by atoms with Crippen LogP contribution in [0.5, 0.6) is 0 Å². The lowest BCUT2D eigenvalue weighted by Gasteiger charge is -2.20. The minimum absolute atomic E-state index is 0.216. The van der Waals surface area contributed by atoms with Crippen molar-refractivity contribution in [3.05, 3.63) is 108 Å². The number of carboxylic acids is 2. The van der Waals surface area contributed by atoms with Gasteiger partial charge in [0.15, 0.2) is 0 Å². The van der Waals surface area contributed by atoms with Gasteiger partial charge in [-0.1, -0.05) is 91.0 Å². The zero-order chi connectivity index (χ0) is 21.1. The fourth-order valence-corrected chi connectivity index (χ4v) is 3.72. The molecule has 0 atom stereocenters. The van der Waals surface area contributed by atoms with Gasteiger partial charge in [0, 0.05) is 5.56 Å². The molecule has 0 aliphatic rings. The van der Waals surface area contributed by atoms with E-state index in [1.54, 1.807) is 12.1 Å². The highest BCUT2D eigenvalue weighted by Crippen LogP contribution is 2.43. The molecular weight excluding hydrogens is 376 g/mol. The number of benzene rings is 4. The van der Waals surface area contributed by atoms with Crippen LogP contribution in [-0.4, -0.2) is 22.2 Å². The molecule has 0 aliphatic heterocycles. The Bertz CT molecular complexity index is 1210. The Hall–Kier alpha value is -4.18. The second-order valence-corrected chi connectivity index (χ2v) is 6.81. The number of carbonyl (C=O) groups is 2. The Morgan fingerprint density at radius 1 is 0.533 bits per heavy atom. The maximum atomic E-state index is 12.3. The minimum atomic E-state index is -1.28. The van der Waals surface area contributed by atoms with Gasteiger partial charge in [-0.2, -0.15) is 0 Å². The molecule has 0 aromatic heterocycles. The number of hydrogen-bond acceptors (Lipinski definition) is 2. The van der Waals surface area contributed by atoms with Crippen LogP contribution in [-0.2, 0) is 0 Å². The van der Waals surface area contributed by atoms with E-state index in [1.807, 2.05) is 78.9 Å². The largest absolute Gasteiger partial charge is 0.478 e. The van der Waals surface area contributed by atoms with Gasteiger partial charge in [0.25, 0.3) is 0 Å². The molecular formula is C26H18O4. The van der Waals surface area contributed by atoms with Crippen molar-refractivity contribution in [3.8, 4) is 33.4 Å². The molecule has 0 saturated carbocycles. The monoisotopic (exact) mass is 394 g/mol. The van der Waals surface area contributed by atoms with Crippen LogP contribution < -0.4 is 0 Å². The first kappa shape index (κ1) is 19.2. The molecule has 4 aromatic rings. The summed E-state index contributed by atoms with van der Waals surface area (Å²) in [6, 6.07) is 29.4. The number of hydrogen-bond donors (Lipinski definition) is 2. The first-order valence-electron chi connectivity index (χ1n) is 9.41. The van der Waals surface area contributed by atoms with E-state index >= 15 is 0 Å². The molecule has 4 rings (SSSR count). The van der Waals surface area contributed by atoms with Gasteiger partial charge < -0.3 is 10.2 Å². The first-order valence-corrected chi connectivity index (χ1v) is 9.41. The Balaban J connectivity index is 2.24. The average Bonchev–Trinajstić information content (AvgIpc) is 2.79. The molecule has 146 valence electrons. The third kappa shape index (κ3) is 3.47. The van der Waals surface area contributed by atoms with Crippen molar-refractivity contribution >= 4 is 11.9 Å². The molecule has 4 heteroatoms. The molecule has 0 fully saturated rings. The molecule has 0 heterocycles. The second kappa shape index (κ2) is 8.05. The summed E-state index contributed by atoms with van der Waals surface area (Å²) in [6.45, 7) is 0. The van der Waals surface area contributed by atoms with E-state index in [2.05, 4.69) is 0 Å². The Kier molecular flexibility index (Phi) is 5.14. The van der Waals surface area contributed by atoms with Gasteiger partial charge in [-0.25, -0.2) is 9.59 Å². The quantitative estimate of drug-likeness (QED) is 0.430. The van der Waals surface area contributed by atoms with E-state index in [0.717, 1.165) is 11.1 Å². The summed E-state index contributed by atoms with van der Waals surface area (Å²) in [5, 5.41) is 19.9. The highest BCUT2D eigenvalue weighted by atomic mass is 16.4. The summed E-state index contributed by atoms with van der Waals surface area (Å²) >= 11 is 0. The molecule has 0 bridgehead atoms. The molecule has 2 N–H and O–H groups in total. The van der Waals surface area contributed by atoms with Crippen molar-refractivity contribution in [1.29, 1.82) is 0 Å². The first-order chi connectivity index (χ1) is 14.6. The molecule has 0 amide bonds. The third-order valence-corrected chi connectivity index (χ3v) is 4.98. The maximum absolute atomic E-state index is 12.3. The molecule has 0 radical (unpaired) electrons. The van der Waals surface area contributed by atoms with Crippen molar-refractivity contribution in [2.45, 2.75) is 0 Å². The summed E-state index contributed by atoms with van der Waals surface area (Å²) in [5.74, 6) is -2.55. The topological polar surface area (TPSA) is 74.6 Å². The van der Waals surface area contributed by atoms with Gasteiger partial charge >= 0.3 is 11.9 Å². The number of rotatable bonds is 5. The van der Waals surface area contributed by atoms with Gasteiger partial charge in [-0.05, 0) is 33.9 Å². The van der Waals surface area contributed by atoms with E-state index < -0.39 is 11.9 Å². The van der Waals surface area contributed by atoms with Crippen LogP contribution in [0.3, 0.4) is 0 Å². The maximum Gasteiger partial charge on any atom is 0.337 e. The average molecular weight is 394 g/mol. The van der Waals surface area contributed by atoms with Crippen LogP contribution in [0.25, 0.3) is 33.4 Å². The lowest BCUT2D eigenvalue weighted by molar-refractivity contribution is 0.0652. The van der Waals surface area contributed by atoms with Crippen molar-refractivity contribution in [2.24, 2.45) is 0 Å². The second-order valence-electron chi connectivity index (χ2n) is 6.81. The zero-order valence-electron chi connectivity index (χ0n) is 15.9. The minimum Gasteiger partial charge on any atom is -0.478 e. The molecule has 0 spiro atoms. The Labute approximate surface area is 173 Å². The van der Waals surface area contributed by atoms with E-state index in [-0.39, 0.29) is 11.1 Å². The van der Waals surface area contributed by atoms with Gasteiger partial charge in [0.1, 0.15) is 0 Å². The van der Waals surface area contributed by atoms with Gasteiger partial charge in [0.05, 0.1) is 11.1 Å². The molecule has 0 unspecified atom stereocenters. The Morgan fingerprint density at radius 3 is 1.40 bits per heavy atom. The summed E-state index contributed by atoms with van der Waals surface area (Å²) in [4.78, 5) is 24.4. The van der Waals surface area contributed by atoms with Crippen LogP contribution in [0.1, 0.15) is 20.7 Å². The molecule has 0 saturated heterocycles. The van der Waals surface area contributed by atoms with Crippen molar-refractivity contribution in [1.82, 2.24) is 0 Å². The van der Waals surface area contributed by atoms with Gasteiger partial charge in [-0.15, -0.1) is 0 Å². The summed E-state index contributed by atoms with van der Waals surface area (Å²) in [5.41, 5.74) is 3.58. The van der Waals surface area contributed by atoms with E-state index in [4.69, 9.17) is 0 Å². The Morgan fingerprint density at radius 2 is 0.967 bits per heavy atom. The third-order valence-electron chi connectivity index (χ3n) is 4.98. The fraction of sp³-hybridized carbons (Fsp3) is 0. The van der Waals surface area contributed by atoms with Crippen LogP contribution in [0.4, 0.5) is 0 Å². The predicted octanol–water partition coefficient (Wildman–Crippen LogP) is 6.08. The van der Waals surface area contributed by atoms with Gasteiger partial charge in [-0.3, -0.25) is 0 Å². The highest BCUT2D eigenvalue weighted by molar-refractivity contribution is 6.12. The van der Waals surface area contributed by atoms with Crippen LogP contribution in [0, 0.1) is 0 Å². The fourth-order valence-electron chi connectivity index (χ4n) is 3.72. The summed E-state index contributed by atoms with van der Waals surface area (Å²) in [7, 11) is 0. The van der Waals surface area contributed by atoms with Crippen LogP contribution in [0.2, 0.25) is 0 Å². The number of carboxylic acid groups (broad SMARTS) is 2. The van der Waals surface area contributed by atoms with Gasteiger partial charge in [0.2, 0.25) is 0 Å². The van der Waals surface area contributed by atoms with E-state index in [9.17, 15) is 19.8 Å². The predicted molar refractivity (Wildman–Crippen MR) is 117 cm³/mol. The lowest BCUT2D eigenvalue weighted by atomic mass is 9.82. The highest BCUT2D eigenvalue weighted by Gasteiger charge is 2.27. The van der Waals surface area contributed by atoms with Crippen molar-refractivity contribution in [2.75, 3.05) is 0 Å². The number of aromatic carboxylic acids is 2. The van der Waals surface area contributed by atoms with E-state index in [1.165, 1.54) is 6.07 Å². The standard InChI is InChI=1S/C26H18O4/c27-25(28)21-16-20(17-10-4-1-5-11-17)22(18-12-6-2-7-13-18)23(24(21)26(29)30)19-14-8-3-9-15-19/h1-16H,(H,27,28)(H,29,30). The van der Waals surface area contributed by atoms with Crippen molar-refractivity contribution < 1.29 is 19.8 Å². The van der Waals surface area contributed by atoms with E-state index in [0.29, 0.717) is 22.3 Å². The summed E-state index contributed by atoms with van der Waals surface area (Å²) < 4.78 is 0.